The van der Waals surface area contributed by atoms with E-state index in [9.17, 15) is 4.39 Å². The van der Waals surface area contributed by atoms with Gasteiger partial charge in [0.2, 0.25) is 0 Å². The molecule has 2 N–H and O–H groups in total. The second-order valence-corrected chi connectivity index (χ2v) is 4.68. The van der Waals surface area contributed by atoms with Crippen molar-refractivity contribution < 1.29 is 4.39 Å². The summed E-state index contributed by atoms with van der Waals surface area (Å²) in [7, 11) is 0. The van der Waals surface area contributed by atoms with Crippen molar-refractivity contribution in [2.24, 2.45) is 5.92 Å². The highest BCUT2D eigenvalue weighted by Crippen LogP contribution is 2.33. The molecule has 0 radical (unpaired) electrons. The molecule has 2 aromatic rings. The molecule has 84 valence electrons. The molecule has 2 heterocycles. The first-order valence-corrected chi connectivity index (χ1v) is 5.73. The first-order valence-electron chi connectivity index (χ1n) is 5.73. The predicted molar refractivity (Wildman–Crippen MR) is 63.0 cm³/mol. The summed E-state index contributed by atoms with van der Waals surface area (Å²) in [5.41, 5.74) is 2.21. The van der Waals surface area contributed by atoms with Crippen LogP contribution < -0.4 is 5.32 Å². The largest absolute Gasteiger partial charge is 0.361 e. The van der Waals surface area contributed by atoms with E-state index in [0.29, 0.717) is 11.8 Å². The van der Waals surface area contributed by atoms with Gasteiger partial charge in [-0.05, 0) is 36.2 Å². The van der Waals surface area contributed by atoms with Crippen molar-refractivity contribution in [3.05, 3.63) is 35.8 Å². The van der Waals surface area contributed by atoms with Gasteiger partial charge in [-0.25, -0.2) is 4.39 Å². The molecular formula is C13H15FN2. The molecule has 1 aliphatic rings. The van der Waals surface area contributed by atoms with Gasteiger partial charge in [0, 0.05) is 29.6 Å². The van der Waals surface area contributed by atoms with Crippen molar-refractivity contribution in [2.75, 3.05) is 13.1 Å². The molecule has 2 unspecified atom stereocenters. The third-order valence-corrected chi connectivity index (χ3v) is 3.59. The van der Waals surface area contributed by atoms with E-state index in [0.717, 1.165) is 24.0 Å². The molecule has 1 fully saturated rings. The van der Waals surface area contributed by atoms with Gasteiger partial charge in [0.25, 0.3) is 0 Å². The molecule has 16 heavy (non-hydrogen) atoms. The second-order valence-electron chi connectivity index (χ2n) is 4.68. The molecule has 2 nitrogen and oxygen atoms in total. The Morgan fingerprint density at radius 3 is 2.94 bits per heavy atom. The monoisotopic (exact) mass is 218 g/mol. The van der Waals surface area contributed by atoms with E-state index in [1.54, 1.807) is 6.07 Å². The number of rotatable bonds is 1. The molecule has 1 aromatic carbocycles. The van der Waals surface area contributed by atoms with Crippen molar-refractivity contribution >= 4 is 10.9 Å². The number of aromatic amines is 1. The van der Waals surface area contributed by atoms with Gasteiger partial charge in [-0.1, -0.05) is 6.92 Å². The fourth-order valence-electron chi connectivity index (χ4n) is 2.65. The normalized spacial score (nSPS) is 25.4. The summed E-state index contributed by atoms with van der Waals surface area (Å²) in [6, 6.07) is 4.97. The summed E-state index contributed by atoms with van der Waals surface area (Å²) in [5, 5.41) is 4.55. The molecule has 1 aromatic heterocycles. The van der Waals surface area contributed by atoms with Crippen molar-refractivity contribution in [2.45, 2.75) is 12.8 Å². The molecule has 0 saturated carbocycles. The molecule has 1 aliphatic heterocycles. The standard InChI is InChI=1S/C13H15FN2/c1-8-5-15-6-11(8)12-7-16-13-4-9(14)2-3-10(12)13/h2-4,7-8,11,15-16H,5-6H2,1H3. The zero-order valence-electron chi connectivity index (χ0n) is 9.26. The average Bonchev–Trinajstić information content (AvgIpc) is 2.83. The van der Waals surface area contributed by atoms with E-state index in [2.05, 4.69) is 17.2 Å². The van der Waals surface area contributed by atoms with E-state index in [-0.39, 0.29) is 5.82 Å². The molecule has 3 rings (SSSR count). The Labute approximate surface area is 93.9 Å². The molecule has 0 aliphatic carbocycles. The summed E-state index contributed by atoms with van der Waals surface area (Å²) >= 11 is 0. The van der Waals surface area contributed by atoms with Gasteiger partial charge in [-0.2, -0.15) is 0 Å². The van der Waals surface area contributed by atoms with Gasteiger partial charge in [0.15, 0.2) is 0 Å². The maximum Gasteiger partial charge on any atom is 0.125 e. The van der Waals surface area contributed by atoms with Crippen LogP contribution in [0.4, 0.5) is 4.39 Å². The number of benzene rings is 1. The number of hydrogen-bond donors (Lipinski definition) is 2. The summed E-state index contributed by atoms with van der Waals surface area (Å²) in [4.78, 5) is 3.16. The minimum Gasteiger partial charge on any atom is -0.361 e. The van der Waals surface area contributed by atoms with Crippen LogP contribution in [0, 0.1) is 11.7 Å². The van der Waals surface area contributed by atoms with Crippen molar-refractivity contribution in [3.8, 4) is 0 Å². The summed E-state index contributed by atoms with van der Waals surface area (Å²) in [6.45, 7) is 4.34. The minimum absolute atomic E-state index is 0.182. The molecule has 1 saturated heterocycles. The summed E-state index contributed by atoms with van der Waals surface area (Å²) in [5.74, 6) is 1.00. The lowest BCUT2D eigenvalue weighted by Crippen LogP contribution is -2.07. The van der Waals surface area contributed by atoms with Gasteiger partial charge in [0.05, 0.1) is 0 Å². The van der Waals surface area contributed by atoms with Crippen LogP contribution in [0.15, 0.2) is 24.4 Å². The first kappa shape index (κ1) is 9.85. The van der Waals surface area contributed by atoms with Crippen LogP contribution in [0.25, 0.3) is 10.9 Å². The summed E-state index contributed by atoms with van der Waals surface area (Å²) in [6.07, 6.45) is 2.03. The molecule has 2 atom stereocenters. The first-order chi connectivity index (χ1) is 7.75. The van der Waals surface area contributed by atoms with Crippen LogP contribution in [0.5, 0.6) is 0 Å². The van der Waals surface area contributed by atoms with E-state index in [4.69, 9.17) is 0 Å². The highest BCUT2D eigenvalue weighted by Gasteiger charge is 2.26. The number of H-pyrrole nitrogens is 1. The van der Waals surface area contributed by atoms with Crippen molar-refractivity contribution in [3.63, 3.8) is 0 Å². The van der Waals surface area contributed by atoms with Gasteiger partial charge < -0.3 is 10.3 Å². The Kier molecular flexibility index (Phi) is 2.21. The fraction of sp³-hybridized carbons (Fsp3) is 0.385. The Morgan fingerprint density at radius 2 is 2.19 bits per heavy atom. The van der Waals surface area contributed by atoms with Crippen LogP contribution in [0.1, 0.15) is 18.4 Å². The predicted octanol–water partition coefficient (Wildman–Crippen LogP) is 2.63. The third kappa shape index (κ3) is 1.43. The zero-order valence-corrected chi connectivity index (χ0v) is 9.26. The van der Waals surface area contributed by atoms with Crippen LogP contribution >= 0.6 is 0 Å². The van der Waals surface area contributed by atoms with E-state index in [1.165, 1.54) is 11.6 Å². The minimum atomic E-state index is -0.182. The van der Waals surface area contributed by atoms with Crippen LogP contribution in [0.2, 0.25) is 0 Å². The molecule has 0 spiro atoms. The number of nitrogens with one attached hydrogen (secondary N) is 2. The molecular weight excluding hydrogens is 203 g/mol. The Morgan fingerprint density at radius 1 is 1.31 bits per heavy atom. The Hall–Kier alpha value is -1.35. The fourth-order valence-corrected chi connectivity index (χ4v) is 2.65. The Balaban J connectivity index is 2.10. The lowest BCUT2D eigenvalue weighted by molar-refractivity contribution is 0.575. The quantitative estimate of drug-likeness (QED) is 0.756. The summed E-state index contributed by atoms with van der Waals surface area (Å²) < 4.78 is 13.1. The lowest BCUT2D eigenvalue weighted by atomic mass is 9.90. The third-order valence-electron chi connectivity index (χ3n) is 3.59. The van der Waals surface area contributed by atoms with Crippen LogP contribution in [0.3, 0.4) is 0 Å². The average molecular weight is 218 g/mol. The van der Waals surface area contributed by atoms with Crippen molar-refractivity contribution in [1.82, 2.24) is 10.3 Å². The molecule has 0 bridgehead atoms. The maximum absolute atomic E-state index is 13.1. The van der Waals surface area contributed by atoms with E-state index < -0.39 is 0 Å². The van der Waals surface area contributed by atoms with Crippen LogP contribution in [-0.4, -0.2) is 18.1 Å². The maximum atomic E-state index is 13.1. The highest BCUT2D eigenvalue weighted by atomic mass is 19.1. The van der Waals surface area contributed by atoms with Gasteiger partial charge in [-0.15, -0.1) is 0 Å². The van der Waals surface area contributed by atoms with Crippen molar-refractivity contribution in [1.29, 1.82) is 0 Å². The van der Waals surface area contributed by atoms with Crippen LogP contribution in [-0.2, 0) is 0 Å². The number of halogens is 1. The highest BCUT2D eigenvalue weighted by molar-refractivity contribution is 5.83. The molecule has 0 amide bonds. The number of hydrogen-bond acceptors (Lipinski definition) is 1. The van der Waals surface area contributed by atoms with Gasteiger partial charge >= 0.3 is 0 Å². The van der Waals surface area contributed by atoms with Gasteiger partial charge in [-0.3, -0.25) is 0 Å². The second kappa shape index (κ2) is 3.59. The number of aromatic nitrogens is 1. The zero-order chi connectivity index (χ0) is 11.1. The smallest absolute Gasteiger partial charge is 0.125 e. The Bertz CT molecular complexity index is 518. The lowest BCUT2D eigenvalue weighted by Gasteiger charge is -2.12. The van der Waals surface area contributed by atoms with E-state index in [1.807, 2.05) is 12.3 Å². The topological polar surface area (TPSA) is 27.8 Å². The van der Waals surface area contributed by atoms with E-state index >= 15 is 0 Å². The SMILES string of the molecule is CC1CNCC1c1c[nH]c2cc(F)ccc12. The molecule has 3 heteroatoms. The van der Waals surface area contributed by atoms with Gasteiger partial charge in [0.1, 0.15) is 5.82 Å². The number of fused-ring (bicyclic) bond motifs is 1.